The van der Waals surface area contributed by atoms with Crippen molar-refractivity contribution < 1.29 is 9.47 Å². The first kappa shape index (κ1) is 14.5. The summed E-state index contributed by atoms with van der Waals surface area (Å²) in [7, 11) is 0. The van der Waals surface area contributed by atoms with Crippen LogP contribution in [0, 0.1) is 0 Å². The molecule has 0 bridgehead atoms. The van der Waals surface area contributed by atoms with Crippen LogP contribution in [-0.4, -0.2) is 0 Å². The lowest BCUT2D eigenvalue weighted by Gasteiger charge is -2.14. The highest BCUT2D eigenvalue weighted by Gasteiger charge is 2.11. The molecule has 0 fully saturated rings. The van der Waals surface area contributed by atoms with Crippen LogP contribution in [-0.2, 0) is 5.88 Å². The van der Waals surface area contributed by atoms with Gasteiger partial charge >= 0.3 is 0 Å². The van der Waals surface area contributed by atoms with E-state index >= 15 is 0 Å². The van der Waals surface area contributed by atoms with Crippen molar-refractivity contribution in [1.29, 1.82) is 0 Å². The van der Waals surface area contributed by atoms with Crippen molar-refractivity contribution in [2.24, 2.45) is 0 Å². The second kappa shape index (κ2) is 7.01. The van der Waals surface area contributed by atoms with Crippen LogP contribution in [0.4, 0.5) is 0 Å². The van der Waals surface area contributed by atoms with Crippen molar-refractivity contribution in [3.63, 3.8) is 0 Å². The lowest BCUT2D eigenvalue weighted by molar-refractivity contribution is 0.453. The molecule has 0 amide bonds. The van der Waals surface area contributed by atoms with Crippen LogP contribution < -0.4 is 9.47 Å². The molecule has 0 N–H and O–H groups in total. The molecule has 0 saturated carbocycles. The van der Waals surface area contributed by atoms with E-state index in [0.29, 0.717) is 17.4 Å². The van der Waals surface area contributed by atoms with Crippen molar-refractivity contribution in [1.82, 2.24) is 0 Å². The summed E-state index contributed by atoms with van der Waals surface area (Å²) in [6, 6.07) is 24.9. The van der Waals surface area contributed by atoms with Gasteiger partial charge in [0.2, 0.25) is 0 Å². The van der Waals surface area contributed by atoms with E-state index < -0.39 is 0 Å². The number of ether oxygens (including phenoxy) is 2. The van der Waals surface area contributed by atoms with Gasteiger partial charge in [0.05, 0.1) is 11.4 Å². The molecule has 3 aromatic rings. The van der Waals surface area contributed by atoms with Gasteiger partial charge < -0.3 is 9.47 Å². The summed E-state index contributed by atoms with van der Waals surface area (Å²) in [5.41, 5.74) is 0.830. The minimum absolute atomic E-state index is 0.311. The lowest BCUT2D eigenvalue weighted by Crippen LogP contribution is -1.94. The lowest BCUT2D eigenvalue weighted by atomic mass is 10.2. The first-order valence-corrected chi connectivity index (χ1v) is 7.54. The Morgan fingerprint density at radius 2 is 1.05 bits per heavy atom. The van der Waals surface area contributed by atoms with Crippen LogP contribution >= 0.6 is 11.6 Å². The van der Waals surface area contributed by atoms with Crippen LogP contribution in [0.25, 0.3) is 0 Å². The Labute approximate surface area is 134 Å². The topological polar surface area (TPSA) is 18.5 Å². The highest BCUT2D eigenvalue weighted by molar-refractivity contribution is 6.17. The van der Waals surface area contributed by atoms with Crippen LogP contribution in [0.15, 0.2) is 78.9 Å². The van der Waals surface area contributed by atoms with Crippen LogP contribution in [0.2, 0.25) is 0 Å². The summed E-state index contributed by atoms with van der Waals surface area (Å²) < 4.78 is 11.8. The van der Waals surface area contributed by atoms with E-state index in [4.69, 9.17) is 21.1 Å². The van der Waals surface area contributed by atoms with Gasteiger partial charge in [-0.2, -0.15) is 0 Å². The van der Waals surface area contributed by atoms with E-state index in [9.17, 15) is 0 Å². The molecular formula is C19H15ClO2. The van der Waals surface area contributed by atoms with Gasteiger partial charge in [0, 0.05) is 0 Å². The zero-order valence-electron chi connectivity index (χ0n) is 11.9. The van der Waals surface area contributed by atoms with Gasteiger partial charge in [-0.3, -0.25) is 0 Å². The standard InChI is InChI=1S/C19H15ClO2/c20-14-17-18(21-15-8-3-1-4-9-15)12-7-13-19(17)22-16-10-5-2-6-11-16/h1-13H,14H2. The smallest absolute Gasteiger partial charge is 0.135 e. The highest BCUT2D eigenvalue weighted by atomic mass is 35.5. The molecule has 110 valence electrons. The van der Waals surface area contributed by atoms with Crippen molar-refractivity contribution in [2.45, 2.75) is 5.88 Å². The fourth-order valence-corrected chi connectivity index (χ4v) is 2.36. The summed E-state index contributed by atoms with van der Waals surface area (Å²) in [6.07, 6.45) is 0. The Bertz CT molecular complexity index is 667. The molecule has 0 atom stereocenters. The fraction of sp³-hybridized carbons (Fsp3) is 0.0526. The van der Waals surface area contributed by atoms with Crippen LogP contribution in [0.5, 0.6) is 23.0 Å². The molecule has 0 saturated heterocycles. The van der Waals surface area contributed by atoms with Crippen molar-refractivity contribution in [2.75, 3.05) is 0 Å². The van der Waals surface area contributed by atoms with E-state index in [0.717, 1.165) is 17.1 Å². The zero-order valence-corrected chi connectivity index (χ0v) is 12.7. The average molecular weight is 311 g/mol. The number of halogens is 1. The largest absolute Gasteiger partial charge is 0.457 e. The number of para-hydroxylation sites is 2. The Hall–Kier alpha value is -2.45. The van der Waals surface area contributed by atoms with E-state index in [2.05, 4.69) is 0 Å². The van der Waals surface area contributed by atoms with Gasteiger partial charge in [-0.1, -0.05) is 42.5 Å². The third kappa shape index (κ3) is 3.41. The van der Waals surface area contributed by atoms with Gasteiger partial charge in [-0.15, -0.1) is 11.6 Å². The Balaban J connectivity index is 1.90. The minimum Gasteiger partial charge on any atom is -0.457 e. The maximum absolute atomic E-state index is 6.11. The predicted molar refractivity (Wildman–Crippen MR) is 89.0 cm³/mol. The minimum atomic E-state index is 0.311. The third-order valence-corrected chi connectivity index (χ3v) is 3.43. The first-order chi connectivity index (χ1) is 10.9. The molecule has 0 aliphatic rings. The van der Waals surface area contributed by atoms with E-state index in [-0.39, 0.29) is 0 Å². The van der Waals surface area contributed by atoms with E-state index in [1.54, 1.807) is 0 Å². The summed E-state index contributed by atoms with van der Waals surface area (Å²) in [5, 5.41) is 0. The molecule has 0 spiro atoms. The maximum atomic E-state index is 6.11. The first-order valence-electron chi connectivity index (χ1n) is 7.00. The normalized spacial score (nSPS) is 10.2. The van der Waals surface area contributed by atoms with Crippen molar-refractivity contribution in [3.05, 3.63) is 84.4 Å². The summed E-state index contributed by atoms with van der Waals surface area (Å²) in [6.45, 7) is 0. The van der Waals surface area contributed by atoms with Crippen LogP contribution in [0.1, 0.15) is 5.56 Å². The second-order valence-corrected chi connectivity index (χ2v) is 4.96. The number of hydrogen-bond donors (Lipinski definition) is 0. The molecule has 0 unspecified atom stereocenters. The molecule has 22 heavy (non-hydrogen) atoms. The monoisotopic (exact) mass is 310 g/mol. The Morgan fingerprint density at radius 3 is 1.45 bits per heavy atom. The van der Waals surface area contributed by atoms with Gasteiger partial charge in [0.15, 0.2) is 0 Å². The Kier molecular flexibility index (Phi) is 4.62. The number of hydrogen-bond acceptors (Lipinski definition) is 2. The van der Waals surface area contributed by atoms with Gasteiger partial charge in [0.1, 0.15) is 23.0 Å². The number of benzene rings is 3. The number of rotatable bonds is 5. The number of alkyl halides is 1. The molecule has 0 heterocycles. The molecule has 3 rings (SSSR count). The highest BCUT2D eigenvalue weighted by Crippen LogP contribution is 2.35. The quantitative estimate of drug-likeness (QED) is 0.537. The molecule has 0 radical (unpaired) electrons. The predicted octanol–water partition coefficient (Wildman–Crippen LogP) is 6.01. The summed E-state index contributed by atoms with van der Waals surface area (Å²) >= 11 is 6.11. The van der Waals surface area contributed by atoms with E-state index in [1.165, 1.54) is 0 Å². The zero-order chi connectivity index (χ0) is 15.2. The summed E-state index contributed by atoms with van der Waals surface area (Å²) in [4.78, 5) is 0. The van der Waals surface area contributed by atoms with Gasteiger partial charge in [0.25, 0.3) is 0 Å². The summed E-state index contributed by atoms with van der Waals surface area (Å²) in [5.74, 6) is 3.26. The second-order valence-electron chi connectivity index (χ2n) is 4.70. The third-order valence-electron chi connectivity index (χ3n) is 3.17. The molecule has 3 aromatic carbocycles. The fourth-order valence-electron chi connectivity index (χ4n) is 2.10. The maximum Gasteiger partial charge on any atom is 0.135 e. The molecule has 0 aliphatic carbocycles. The molecule has 3 heteroatoms. The Morgan fingerprint density at radius 1 is 0.591 bits per heavy atom. The van der Waals surface area contributed by atoms with E-state index in [1.807, 2.05) is 78.9 Å². The van der Waals surface area contributed by atoms with Crippen molar-refractivity contribution in [3.8, 4) is 23.0 Å². The molecule has 0 aromatic heterocycles. The average Bonchev–Trinajstić information content (AvgIpc) is 2.57. The van der Waals surface area contributed by atoms with Crippen LogP contribution in [0.3, 0.4) is 0 Å². The SMILES string of the molecule is ClCc1c(Oc2ccccc2)cccc1Oc1ccccc1. The van der Waals surface area contributed by atoms with Crippen molar-refractivity contribution >= 4 is 11.6 Å². The molecule has 0 aliphatic heterocycles. The molecule has 2 nitrogen and oxygen atoms in total. The molecular weight excluding hydrogens is 296 g/mol. The van der Waals surface area contributed by atoms with Gasteiger partial charge in [-0.05, 0) is 36.4 Å². The van der Waals surface area contributed by atoms with Gasteiger partial charge in [-0.25, -0.2) is 0 Å².